The summed E-state index contributed by atoms with van der Waals surface area (Å²) in [7, 11) is 0. The van der Waals surface area contributed by atoms with Crippen LogP contribution >= 0.6 is 0 Å². The van der Waals surface area contributed by atoms with Gasteiger partial charge in [-0.25, -0.2) is 0 Å². The smallest absolute Gasteiger partial charge is 0.0561 e. The minimum atomic E-state index is 0.0315. The Morgan fingerprint density at radius 3 is 1.44 bits per heavy atom. The van der Waals surface area contributed by atoms with Crippen molar-refractivity contribution in [3.05, 3.63) is 172 Å². The molecule has 0 amide bonds. The summed E-state index contributed by atoms with van der Waals surface area (Å²) in [5, 5.41) is 7.69. The van der Waals surface area contributed by atoms with Gasteiger partial charge in [0.25, 0.3) is 0 Å². The Bertz CT molecular complexity index is 2660. The zero-order valence-corrected chi connectivity index (χ0v) is 34.5. The van der Waals surface area contributed by atoms with Gasteiger partial charge in [0, 0.05) is 38.9 Å². The van der Waals surface area contributed by atoms with E-state index in [1.54, 1.807) is 0 Å². The van der Waals surface area contributed by atoms with Gasteiger partial charge in [0.1, 0.15) is 0 Å². The molecule has 0 fully saturated rings. The molecule has 1 unspecified atom stereocenters. The molecule has 1 aliphatic rings. The minimum Gasteiger partial charge on any atom is -0.309 e. The van der Waals surface area contributed by atoms with Crippen molar-refractivity contribution in [1.82, 2.24) is 0 Å². The highest BCUT2D eigenvalue weighted by Crippen LogP contribution is 2.51. The second-order valence-corrected chi connectivity index (χ2v) is 17.2. The zero-order chi connectivity index (χ0) is 38.9. The standard InChI is InChI=1S/C53H54N2/c1-32-13-12-14-45(36(5)25-32)54(46-22-15-33(2)26-37(46)6)49-31-50(55(47-23-16-34(3)27-38(47)7)48-24-17-35(4)28-39(48)8)44-21-19-41-30-42(53(9,10)11)29-40-18-20-43(49)52(44)51(40)41/h12-32H,1-11H3. The van der Waals surface area contributed by atoms with Gasteiger partial charge in [-0.05, 0) is 134 Å². The zero-order valence-electron chi connectivity index (χ0n) is 34.5. The van der Waals surface area contributed by atoms with E-state index in [0.29, 0.717) is 5.92 Å². The van der Waals surface area contributed by atoms with Gasteiger partial charge in [-0.1, -0.05) is 135 Å². The normalized spacial score (nSPS) is 14.8. The van der Waals surface area contributed by atoms with Gasteiger partial charge < -0.3 is 9.80 Å². The van der Waals surface area contributed by atoms with Gasteiger partial charge in [-0.15, -0.1) is 0 Å². The molecule has 1 aliphatic carbocycles. The monoisotopic (exact) mass is 718 g/mol. The van der Waals surface area contributed by atoms with E-state index in [1.165, 1.54) is 111 Å². The van der Waals surface area contributed by atoms with E-state index >= 15 is 0 Å². The summed E-state index contributed by atoms with van der Waals surface area (Å²) in [5.41, 5.74) is 17.3. The summed E-state index contributed by atoms with van der Waals surface area (Å²) in [6.45, 7) is 24.8. The molecule has 2 heteroatoms. The van der Waals surface area contributed by atoms with Crippen LogP contribution in [-0.4, -0.2) is 0 Å². The Morgan fingerprint density at radius 1 is 0.491 bits per heavy atom. The predicted molar refractivity (Wildman–Crippen MR) is 241 cm³/mol. The van der Waals surface area contributed by atoms with Crippen LogP contribution in [0.15, 0.2) is 133 Å². The fraction of sp³-hybridized carbons (Fsp3) is 0.245. The third-order valence-corrected chi connectivity index (χ3v) is 11.6. The number of anilines is 5. The van der Waals surface area contributed by atoms with Crippen molar-refractivity contribution < 1.29 is 0 Å². The molecule has 276 valence electrons. The average molecular weight is 719 g/mol. The molecule has 8 rings (SSSR count). The molecule has 0 saturated heterocycles. The first kappa shape index (κ1) is 36.4. The van der Waals surface area contributed by atoms with Gasteiger partial charge in [-0.2, -0.15) is 0 Å². The molecule has 7 aromatic rings. The number of hydrogen-bond donors (Lipinski definition) is 0. The Hall–Kier alpha value is -5.60. The molecule has 0 aliphatic heterocycles. The molecule has 0 bridgehead atoms. The third kappa shape index (κ3) is 6.42. The maximum absolute atomic E-state index is 2.54. The maximum atomic E-state index is 2.54. The first-order chi connectivity index (χ1) is 26.2. The van der Waals surface area contributed by atoms with E-state index in [2.05, 4.69) is 207 Å². The van der Waals surface area contributed by atoms with E-state index in [9.17, 15) is 0 Å². The maximum Gasteiger partial charge on any atom is 0.0561 e. The highest BCUT2D eigenvalue weighted by atomic mass is 15.2. The molecule has 0 N–H and O–H groups in total. The summed E-state index contributed by atoms with van der Waals surface area (Å²) in [6, 6.07) is 37.5. The Labute approximate surface area is 328 Å². The molecule has 0 spiro atoms. The Morgan fingerprint density at radius 2 is 0.964 bits per heavy atom. The molecule has 0 radical (unpaired) electrons. The quantitative estimate of drug-likeness (QED) is 0.158. The number of rotatable bonds is 6. The first-order valence-electron chi connectivity index (χ1n) is 19.8. The SMILES string of the molecule is CC1=CC(C)C=CC=C1N(c1ccc(C)cc1C)c1cc(N(c2ccc(C)cc2C)c2ccc(C)cc2C)c2ccc3cc(C(C)(C)C)cc4ccc1c2c43. The molecule has 7 aromatic carbocycles. The van der Waals surface area contributed by atoms with E-state index in [4.69, 9.17) is 0 Å². The van der Waals surface area contributed by atoms with Crippen molar-refractivity contribution in [1.29, 1.82) is 0 Å². The second kappa shape index (κ2) is 13.6. The largest absolute Gasteiger partial charge is 0.309 e. The van der Waals surface area contributed by atoms with Crippen LogP contribution in [0.4, 0.5) is 28.4 Å². The summed E-state index contributed by atoms with van der Waals surface area (Å²) < 4.78 is 0. The minimum absolute atomic E-state index is 0.0315. The van der Waals surface area contributed by atoms with Crippen molar-refractivity contribution in [3.63, 3.8) is 0 Å². The lowest BCUT2D eigenvalue weighted by molar-refractivity contribution is 0.591. The van der Waals surface area contributed by atoms with Gasteiger partial charge in [-0.3, -0.25) is 0 Å². The highest BCUT2D eigenvalue weighted by Gasteiger charge is 2.28. The van der Waals surface area contributed by atoms with Crippen LogP contribution in [0.25, 0.3) is 32.3 Å². The summed E-state index contributed by atoms with van der Waals surface area (Å²) in [6.07, 6.45) is 9.25. The van der Waals surface area contributed by atoms with Gasteiger partial charge >= 0.3 is 0 Å². The molecular formula is C53H54N2. The number of hydrogen-bond acceptors (Lipinski definition) is 2. The van der Waals surface area contributed by atoms with E-state index < -0.39 is 0 Å². The summed E-state index contributed by atoms with van der Waals surface area (Å²) in [4.78, 5) is 5.08. The van der Waals surface area contributed by atoms with Crippen LogP contribution in [0, 0.1) is 47.5 Å². The van der Waals surface area contributed by atoms with Crippen LogP contribution in [0.3, 0.4) is 0 Å². The van der Waals surface area contributed by atoms with Crippen molar-refractivity contribution in [3.8, 4) is 0 Å². The van der Waals surface area contributed by atoms with Crippen LogP contribution in [-0.2, 0) is 5.41 Å². The molecular weight excluding hydrogens is 665 g/mol. The van der Waals surface area contributed by atoms with Crippen molar-refractivity contribution in [2.75, 3.05) is 9.80 Å². The molecule has 0 aromatic heterocycles. The number of nitrogens with zero attached hydrogens (tertiary/aromatic N) is 2. The van der Waals surface area contributed by atoms with Crippen LogP contribution in [0.5, 0.6) is 0 Å². The van der Waals surface area contributed by atoms with E-state index in [1.807, 2.05) is 0 Å². The van der Waals surface area contributed by atoms with E-state index in [0.717, 1.165) is 0 Å². The summed E-state index contributed by atoms with van der Waals surface area (Å²) >= 11 is 0. The van der Waals surface area contributed by atoms with E-state index in [-0.39, 0.29) is 5.41 Å². The van der Waals surface area contributed by atoms with Gasteiger partial charge in [0.2, 0.25) is 0 Å². The fourth-order valence-electron chi connectivity index (χ4n) is 8.87. The third-order valence-electron chi connectivity index (χ3n) is 11.6. The molecule has 2 nitrogen and oxygen atoms in total. The van der Waals surface area contributed by atoms with Gasteiger partial charge in [0.15, 0.2) is 0 Å². The molecule has 0 heterocycles. The Balaban J connectivity index is 1.57. The molecule has 55 heavy (non-hydrogen) atoms. The second-order valence-electron chi connectivity index (χ2n) is 17.2. The lowest BCUT2D eigenvalue weighted by Crippen LogP contribution is -2.20. The lowest BCUT2D eigenvalue weighted by Gasteiger charge is -2.35. The lowest BCUT2D eigenvalue weighted by atomic mass is 9.83. The van der Waals surface area contributed by atoms with Crippen LogP contribution in [0.1, 0.15) is 73.6 Å². The van der Waals surface area contributed by atoms with Crippen molar-refractivity contribution in [2.45, 2.75) is 81.6 Å². The van der Waals surface area contributed by atoms with Crippen LogP contribution < -0.4 is 9.80 Å². The van der Waals surface area contributed by atoms with Gasteiger partial charge in [0.05, 0.1) is 11.4 Å². The predicted octanol–water partition coefficient (Wildman–Crippen LogP) is 15.4. The van der Waals surface area contributed by atoms with Crippen molar-refractivity contribution in [2.24, 2.45) is 5.92 Å². The molecule has 1 atom stereocenters. The number of aryl methyl sites for hydroxylation is 6. The average Bonchev–Trinajstić information content (AvgIpc) is 3.29. The summed E-state index contributed by atoms with van der Waals surface area (Å²) in [5.74, 6) is 0.341. The Kier molecular flexibility index (Phi) is 9.00. The highest BCUT2D eigenvalue weighted by molar-refractivity contribution is 6.29. The number of benzene rings is 7. The first-order valence-corrected chi connectivity index (χ1v) is 19.8. The topological polar surface area (TPSA) is 6.48 Å². The fourth-order valence-corrected chi connectivity index (χ4v) is 8.87. The number of allylic oxidation sites excluding steroid dienone is 5. The van der Waals surface area contributed by atoms with Crippen molar-refractivity contribution >= 4 is 60.8 Å². The van der Waals surface area contributed by atoms with Crippen LogP contribution in [0.2, 0.25) is 0 Å². The molecule has 0 saturated carbocycles.